The Kier molecular flexibility index (Phi) is 3.44. The Morgan fingerprint density at radius 2 is 1.94 bits per heavy atom. The summed E-state index contributed by atoms with van der Waals surface area (Å²) in [6.07, 6.45) is 5.71. The van der Waals surface area contributed by atoms with Crippen LogP contribution in [0.3, 0.4) is 0 Å². The Hall–Kier alpha value is -1.09. The normalized spacial score (nSPS) is 17.3. The molecule has 86 valence electrons. The van der Waals surface area contributed by atoms with Crippen molar-refractivity contribution in [3.05, 3.63) is 38.9 Å². The maximum atomic E-state index is 11.0. The second-order valence-corrected chi connectivity index (χ2v) is 4.73. The van der Waals surface area contributed by atoms with Crippen LogP contribution in [0.1, 0.15) is 43.6 Å². The molecule has 1 aromatic carbocycles. The third-order valence-electron chi connectivity index (χ3n) is 3.23. The second-order valence-electron chi connectivity index (χ2n) is 4.30. The number of nitrogens with zero attached hydrogens (tertiary/aromatic N) is 1. The van der Waals surface area contributed by atoms with Crippen LogP contribution in [0.15, 0.2) is 18.2 Å². The summed E-state index contributed by atoms with van der Waals surface area (Å²) >= 11 is 5.80. The number of halogens is 1. The molecule has 0 aromatic heterocycles. The molecule has 0 radical (unpaired) electrons. The first-order chi connectivity index (χ1) is 7.68. The molecule has 1 saturated carbocycles. The molecule has 16 heavy (non-hydrogen) atoms. The van der Waals surface area contributed by atoms with Crippen molar-refractivity contribution < 1.29 is 4.92 Å². The Morgan fingerprint density at radius 3 is 2.56 bits per heavy atom. The van der Waals surface area contributed by atoms with E-state index in [0.29, 0.717) is 10.9 Å². The average molecular weight is 240 g/mol. The fraction of sp³-hybridized carbons (Fsp3) is 0.500. The van der Waals surface area contributed by atoms with Gasteiger partial charge in [0.2, 0.25) is 0 Å². The van der Waals surface area contributed by atoms with E-state index in [0.717, 1.165) is 18.4 Å². The van der Waals surface area contributed by atoms with Crippen LogP contribution in [0.4, 0.5) is 5.69 Å². The van der Waals surface area contributed by atoms with E-state index in [4.69, 9.17) is 11.6 Å². The van der Waals surface area contributed by atoms with Gasteiger partial charge in [-0.1, -0.05) is 36.9 Å². The largest absolute Gasteiger partial charge is 0.274 e. The lowest BCUT2D eigenvalue weighted by atomic mass is 9.83. The summed E-state index contributed by atoms with van der Waals surface area (Å²) in [6.45, 7) is 0. The lowest BCUT2D eigenvalue weighted by Crippen LogP contribution is -2.07. The van der Waals surface area contributed by atoms with Crippen molar-refractivity contribution >= 4 is 17.3 Å². The van der Waals surface area contributed by atoms with Crippen LogP contribution in [0.25, 0.3) is 0 Å². The van der Waals surface area contributed by atoms with Crippen molar-refractivity contribution in [2.45, 2.75) is 38.0 Å². The van der Waals surface area contributed by atoms with Gasteiger partial charge < -0.3 is 0 Å². The van der Waals surface area contributed by atoms with Gasteiger partial charge in [0.25, 0.3) is 5.69 Å². The minimum atomic E-state index is -0.324. The van der Waals surface area contributed by atoms with E-state index < -0.39 is 0 Å². The van der Waals surface area contributed by atoms with E-state index in [1.165, 1.54) is 25.3 Å². The number of benzene rings is 1. The van der Waals surface area contributed by atoms with E-state index in [-0.39, 0.29) is 10.6 Å². The van der Waals surface area contributed by atoms with Crippen molar-refractivity contribution in [1.82, 2.24) is 0 Å². The van der Waals surface area contributed by atoms with Crippen LogP contribution in [0.2, 0.25) is 5.02 Å². The van der Waals surface area contributed by atoms with E-state index in [1.807, 2.05) is 6.07 Å². The lowest BCUT2D eigenvalue weighted by molar-refractivity contribution is -0.385. The van der Waals surface area contributed by atoms with Crippen LogP contribution in [0, 0.1) is 10.1 Å². The first kappa shape index (κ1) is 11.4. The number of hydrogen-bond donors (Lipinski definition) is 0. The molecule has 0 saturated heterocycles. The van der Waals surface area contributed by atoms with Crippen molar-refractivity contribution in [3.8, 4) is 0 Å². The second kappa shape index (κ2) is 4.83. The zero-order valence-corrected chi connectivity index (χ0v) is 9.74. The minimum absolute atomic E-state index is 0.180. The lowest BCUT2D eigenvalue weighted by Gasteiger charge is -2.21. The van der Waals surface area contributed by atoms with Crippen LogP contribution in [-0.2, 0) is 0 Å². The van der Waals surface area contributed by atoms with Crippen molar-refractivity contribution in [2.75, 3.05) is 0 Å². The quantitative estimate of drug-likeness (QED) is 0.571. The fourth-order valence-corrected chi connectivity index (χ4v) is 2.60. The van der Waals surface area contributed by atoms with Gasteiger partial charge in [0.05, 0.1) is 4.92 Å². The first-order valence-corrected chi connectivity index (χ1v) is 6.00. The molecule has 0 heterocycles. The van der Waals surface area contributed by atoms with Gasteiger partial charge in [0, 0.05) is 16.7 Å². The summed E-state index contributed by atoms with van der Waals surface area (Å²) in [7, 11) is 0. The summed E-state index contributed by atoms with van der Waals surface area (Å²) in [5.74, 6) is 0.339. The van der Waals surface area contributed by atoms with Crippen LogP contribution in [0.5, 0.6) is 0 Å². The van der Waals surface area contributed by atoms with Crippen LogP contribution in [-0.4, -0.2) is 4.92 Å². The third-order valence-corrected chi connectivity index (χ3v) is 3.47. The number of hydrogen-bond acceptors (Lipinski definition) is 2. The molecule has 0 bridgehead atoms. The fourth-order valence-electron chi connectivity index (χ4n) is 2.43. The van der Waals surface area contributed by atoms with E-state index in [1.54, 1.807) is 6.07 Å². The van der Waals surface area contributed by atoms with Gasteiger partial charge in [-0.3, -0.25) is 10.1 Å². The molecule has 1 aromatic rings. The molecule has 1 aliphatic carbocycles. The van der Waals surface area contributed by atoms with E-state index >= 15 is 0 Å². The van der Waals surface area contributed by atoms with Gasteiger partial charge in [0.15, 0.2) is 0 Å². The van der Waals surface area contributed by atoms with Gasteiger partial charge >= 0.3 is 0 Å². The smallest absolute Gasteiger partial charge is 0.258 e. The van der Waals surface area contributed by atoms with Crippen molar-refractivity contribution in [1.29, 1.82) is 0 Å². The summed E-state index contributed by atoms with van der Waals surface area (Å²) < 4.78 is 0. The predicted octanol–water partition coefficient (Wildman–Crippen LogP) is 4.30. The highest BCUT2D eigenvalue weighted by Gasteiger charge is 2.23. The van der Waals surface area contributed by atoms with Gasteiger partial charge in [-0.05, 0) is 24.8 Å². The predicted molar refractivity (Wildman–Crippen MR) is 63.9 cm³/mol. The standard InChI is InChI=1S/C12H14ClNO2/c13-10-6-7-11(12(8-10)14(15)16)9-4-2-1-3-5-9/h6-9H,1-5H2. The number of nitro benzene ring substituents is 1. The molecule has 0 aliphatic heterocycles. The maximum absolute atomic E-state index is 11.0. The summed E-state index contributed by atoms with van der Waals surface area (Å²) in [5, 5.41) is 11.4. The highest BCUT2D eigenvalue weighted by Crippen LogP contribution is 2.38. The number of nitro groups is 1. The molecule has 0 amide bonds. The minimum Gasteiger partial charge on any atom is -0.258 e. The van der Waals surface area contributed by atoms with Gasteiger partial charge in [-0.2, -0.15) is 0 Å². The van der Waals surface area contributed by atoms with Crippen LogP contribution < -0.4 is 0 Å². The van der Waals surface area contributed by atoms with Gasteiger partial charge in [-0.25, -0.2) is 0 Å². The topological polar surface area (TPSA) is 43.1 Å². The summed E-state index contributed by atoms with van der Waals surface area (Å²) in [4.78, 5) is 10.6. The van der Waals surface area contributed by atoms with Gasteiger partial charge in [0.1, 0.15) is 0 Å². The molecule has 1 fully saturated rings. The SMILES string of the molecule is O=[N+]([O-])c1cc(Cl)ccc1C1CCCCC1. The third kappa shape index (κ3) is 2.35. The highest BCUT2D eigenvalue weighted by atomic mass is 35.5. The van der Waals surface area contributed by atoms with E-state index in [2.05, 4.69) is 0 Å². The zero-order chi connectivity index (χ0) is 11.5. The molecule has 0 unspecified atom stereocenters. The Morgan fingerprint density at radius 1 is 1.25 bits per heavy atom. The molecule has 0 spiro atoms. The molecule has 2 rings (SSSR count). The summed E-state index contributed by atoms with van der Waals surface area (Å²) in [6, 6.07) is 5.03. The summed E-state index contributed by atoms with van der Waals surface area (Å²) in [5.41, 5.74) is 1.04. The molecule has 4 heteroatoms. The van der Waals surface area contributed by atoms with E-state index in [9.17, 15) is 10.1 Å². The van der Waals surface area contributed by atoms with Crippen molar-refractivity contribution in [2.24, 2.45) is 0 Å². The average Bonchev–Trinajstić information content (AvgIpc) is 2.30. The highest BCUT2D eigenvalue weighted by molar-refractivity contribution is 6.30. The Bertz CT molecular complexity index is 400. The monoisotopic (exact) mass is 239 g/mol. The molecular weight excluding hydrogens is 226 g/mol. The van der Waals surface area contributed by atoms with Crippen LogP contribution >= 0.6 is 11.6 Å². The molecule has 0 atom stereocenters. The zero-order valence-electron chi connectivity index (χ0n) is 8.99. The Labute approximate surface area is 99.6 Å². The number of rotatable bonds is 2. The maximum Gasteiger partial charge on any atom is 0.274 e. The molecular formula is C12H14ClNO2. The van der Waals surface area contributed by atoms with Gasteiger partial charge in [-0.15, -0.1) is 0 Å². The molecule has 1 aliphatic rings. The molecule has 0 N–H and O–H groups in total. The Balaban J connectivity index is 2.34. The first-order valence-electron chi connectivity index (χ1n) is 5.62. The molecule has 3 nitrogen and oxygen atoms in total. The van der Waals surface area contributed by atoms with Crippen molar-refractivity contribution in [3.63, 3.8) is 0 Å².